The van der Waals surface area contributed by atoms with Crippen LogP contribution < -0.4 is 4.74 Å². The zero-order chi connectivity index (χ0) is 13.4. The van der Waals surface area contributed by atoms with E-state index in [2.05, 4.69) is 12.6 Å². The lowest BCUT2D eigenvalue weighted by Gasteiger charge is -2.13. The molecule has 1 rings (SSSR count). The molecule has 0 bridgehead atoms. The van der Waals surface area contributed by atoms with Crippen LogP contribution in [0.2, 0.25) is 0 Å². The molecule has 5 heteroatoms. The van der Waals surface area contributed by atoms with Gasteiger partial charge in [0.15, 0.2) is 0 Å². The molecule has 0 radical (unpaired) electrons. The molecule has 0 N–H and O–H groups in total. The quantitative estimate of drug-likeness (QED) is 0.567. The summed E-state index contributed by atoms with van der Waals surface area (Å²) in [6.07, 6.45) is -0.576. The second-order valence-corrected chi connectivity index (χ2v) is 4.43. The zero-order valence-electron chi connectivity index (χ0n) is 10.0. The summed E-state index contributed by atoms with van der Waals surface area (Å²) < 4.78 is 43.1. The fourth-order valence-corrected chi connectivity index (χ4v) is 1.80. The van der Waals surface area contributed by atoms with Crippen LogP contribution in [0.4, 0.5) is 13.2 Å². The van der Waals surface area contributed by atoms with E-state index < -0.39 is 11.7 Å². The first-order valence-corrected chi connectivity index (χ1v) is 6.59. The van der Waals surface area contributed by atoms with Crippen LogP contribution in [0.5, 0.6) is 5.75 Å². The molecule has 102 valence electrons. The van der Waals surface area contributed by atoms with Gasteiger partial charge in [0.1, 0.15) is 5.75 Å². The average Bonchev–Trinajstić information content (AvgIpc) is 2.33. The van der Waals surface area contributed by atoms with Gasteiger partial charge >= 0.3 is 6.18 Å². The Kier molecular flexibility index (Phi) is 6.39. The van der Waals surface area contributed by atoms with Crippen molar-refractivity contribution in [1.82, 2.24) is 0 Å². The van der Waals surface area contributed by atoms with Crippen molar-refractivity contribution in [3.05, 3.63) is 29.8 Å². The van der Waals surface area contributed by atoms with E-state index in [0.29, 0.717) is 6.61 Å². The van der Waals surface area contributed by atoms with Crippen LogP contribution in [-0.2, 0) is 6.18 Å². The maximum Gasteiger partial charge on any atom is 0.419 e. The Morgan fingerprint density at radius 1 is 1.00 bits per heavy atom. The highest BCUT2D eigenvalue weighted by Crippen LogP contribution is 2.35. The van der Waals surface area contributed by atoms with E-state index in [-0.39, 0.29) is 5.75 Å². The summed E-state index contributed by atoms with van der Waals surface area (Å²) in [5, 5.41) is 0. The molecule has 0 aliphatic heterocycles. The molecule has 0 aromatic heterocycles. The number of hydrogen-bond donors (Lipinski definition) is 1. The molecule has 0 heterocycles. The molecule has 0 fully saturated rings. The fraction of sp³-hybridized carbons (Fsp3) is 0.538. The summed E-state index contributed by atoms with van der Waals surface area (Å²) in [4.78, 5) is 0. The van der Waals surface area contributed by atoms with Crippen LogP contribution in [0.15, 0.2) is 24.3 Å². The minimum absolute atomic E-state index is 0.0841. The van der Waals surface area contributed by atoms with Gasteiger partial charge in [-0.1, -0.05) is 25.0 Å². The minimum Gasteiger partial charge on any atom is -0.493 e. The van der Waals surface area contributed by atoms with Crippen LogP contribution in [0.1, 0.15) is 31.2 Å². The molecule has 1 aromatic carbocycles. The summed E-state index contributed by atoms with van der Waals surface area (Å²) in [5.74, 6) is 0.761. The zero-order valence-corrected chi connectivity index (χ0v) is 10.9. The van der Waals surface area contributed by atoms with Crippen LogP contribution in [0, 0.1) is 0 Å². The Balaban J connectivity index is 2.43. The van der Waals surface area contributed by atoms with Crippen molar-refractivity contribution in [3.63, 3.8) is 0 Å². The Hall–Kier alpha value is -0.840. The molecular formula is C13H17F3OS. The van der Waals surface area contributed by atoms with Gasteiger partial charge in [-0.15, -0.1) is 0 Å². The maximum atomic E-state index is 12.6. The fourth-order valence-electron chi connectivity index (χ4n) is 1.58. The van der Waals surface area contributed by atoms with Crippen LogP contribution in [0.25, 0.3) is 0 Å². The Bertz CT molecular complexity index is 352. The van der Waals surface area contributed by atoms with E-state index in [1.54, 1.807) is 6.07 Å². The van der Waals surface area contributed by atoms with Crippen molar-refractivity contribution < 1.29 is 17.9 Å². The van der Waals surface area contributed by atoms with E-state index >= 15 is 0 Å². The molecule has 0 saturated heterocycles. The highest BCUT2D eigenvalue weighted by Gasteiger charge is 2.33. The molecule has 18 heavy (non-hydrogen) atoms. The lowest BCUT2D eigenvalue weighted by atomic mass is 10.2. The Labute approximate surface area is 111 Å². The first-order chi connectivity index (χ1) is 8.55. The molecule has 0 atom stereocenters. The van der Waals surface area contributed by atoms with Crippen LogP contribution >= 0.6 is 12.6 Å². The first kappa shape index (κ1) is 15.2. The highest BCUT2D eigenvalue weighted by molar-refractivity contribution is 7.80. The number of para-hydroxylation sites is 1. The lowest BCUT2D eigenvalue weighted by Crippen LogP contribution is -2.09. The van der Waals surface area contributed by atoms with E-state index in [4.69, 9.17) is 4.74 Å². The molecule has 0 aliphatic carbocycles. The van der Waals surface area contributed by atoms with E-state index in [9.17, 15) is 13.2 Å². The number of unbranched alkanes of at least 4 members (excludes halogenated alkanes) is 3. The maximum absolute atomic E-state index is 12.6. The normalized spacial score (nSPS) is 11.6. The Morgan fingerprint density at radius 3 is 2.33 bits per heavy atom. The van der Waals surface area contributed by atoms with Crippen LogP contribution in [-0.4, -0.2) is 12.4 Å². The van der Waals surface area contributed by atoms with E-state index in [1.165, 1.54) is 12.1 Å². The van der Waals surface area contributed by atoms with E-state index in [0.717, 1.165) is 37.5 Å². The topological polar surface area (TPSA) is 9.23 Å². The number of ether oxygens (including phenoxy) is 1. The van der Waals surface area contributed by atoms with Gasteiger partial charge in [0, 0.05) is 0 Å². The smallest absolute Gasteiger partial charge is 0.419 e. The molecule has 0 amide bonds. The van der Waals surface area contributed by atoms with Crippen molar-refractivity contribution >= 4 is 12.6 Å². The second kappa shape index (κ2) is 7.56. The summed E-state index contributed by atoms with van der Waals surface area (Å²) in [6, 6.07) is 5.31. The van der Waals surface area contributed by atoms with Gasteiger partial charge in [0.25, 0.3) is 0 Å². The molecule has 1 aromatic rings. The van der Waals surface area contributed by atoms with Crippen molar-refractivity contribution in [2.75, 3.05) is 12.4 Å². The van der Waals surface area contributed by atoms with Gasteiger partial charge in [0.2, 0.25) is 0 Å². The van der Waals surface area contributed by atoms with Gasteiger partial charge in [-0.25, -0.2) is 0 Å². The number of benzene rings is 1. The third kappa shape index (κ3) is 5.21. The highest BCUT2D eigenvalue weighted by atomic mass is 32.1. The predicted octanol–water partition coefficient (Wildman–Crippen LogP) is 4.57. The Morgan fingerprint density at radius 2 is 1.67 bits per heavy atom. The monoisotopic (exact) mass is 278 g/mol. The summed E-state index contributed by atoms with van der Waals surface area (Å²) in [7, 11) is 0. The van der Waals surface area contributed by atoms with Gasteiger partial charge < -0.3 is 4.74 Å². The summed E-state index contributed by atoms with van der Waals surface area (Å²) >= 11 is 4.09. The third-order valence-corrected chi connectivity index (χ3v) is 2.82. The standard InChI is InChI=1S/C13H17F3OS/c14-13(15,16)11-7-3-4-8-12(11)17-9-5-1-2-6-10-18/h3-4,7-8,18H,1-2,5-6,9-10H2. The van der Waals surface area contributed by atoms with Crippen molar-refractivity contribution in [2.45, 2.75) is 31.9 Å². The van der Waals surface area contributed by atoms with Gasteiger partial charge in [0.05, 0.1) is 12.2 Å². The molecule has 0 saturated carbocycles. The van der Waals surface area contributed by atoms with E-state index in [1.807, 2.05) is 0 Å². The third-order valence-electron chi connectivity index (χ3n) is 2.50. The minimum atomic E-state index is -4.36. The predicted molar refractivity (Wildman–Crippen MR) is 69.3 cm³/mol. The van der Waals surface area contributed by atoms with Crippen molar-refractivity contribution in [3.8, 4) is 5.75 Å². The number of alkyl halides is 3. The molecule has 0 unspecified atom stereocenters. The molecular weight excluding hydrogens is 261 g/mol. The molecule has 1 nitrogen and oxygen atoms in total. The lowest BCUT2D eigenvalue weighted by molar-refractivity contribution is -0.138. The first-order valence-electron chi connectivity index (χ1n) is 5.95. The number of hydrogen-bond acceptors (Lipinski definition) is 2. The van der Waals surface area contributed by atoms with Crippen LogP contribution in [0.3, 0.4) is 0 Å². The summed E-state index contributed by atoms with van der Waals surface area (Å²) in [6.45, 7) is 0.319. The largest absolute Gasteiger partial charge is 0.493 e. The number of halogens is 3. The molecule has 0 aliphatic rings. The van der Waals surface area contributed by atoms with Crippen molar-refractivity contribution in [2.24, 2.45) is 0 Å². The van der Waals surface area contributed by atoms with Gasteiger partial charge in [-0.3, -0.25) is 0 Å². The van der Waals surface area contributed by atoms with Gasteiger partial charge in [-0.05, 0) is 30.7 Å². The summed E-state index contributed by atoms with van der Waals surface area (Å²) in [5.41, 5.74) is -0.708. The number of rotatable bonds is 7. The van der Waals surface area contributed by atoms with Crippen molar-refractivity contribution in [1.29, 1.82) is 0 Å². The second-order valence-electron chi connectivity index (χ2n) is 3.98. The molecule has 0 spiro atoms. The number of thiol groups is 1. The van der Waals surface area contributed by atoms with Gasteiger partial charge in [-0.2, -0.15) is 25.8 Å². The SMILES string of the molecule is FC(F)(F)c1ccccc1OCCCCCCS. The average molecular weight is 278 g/mol.